The highest BCUT2D eigenvalue weighted by molar-refractivity contribution is 6.06. The molecule has 7 nitrogen and oxygen atoms in total. The monoisotopic (exact) mass is 477 g/mol. The number of allylic oxidation sites excluding steroid dienone is 1. The summed E-state index contributed by atoms with van der Waals surface area (Å²) < 4.78 is 5.94. The van der Waals surface area contributed by atoms with Crippen LogP contribution in [0.3, 0.4) is 0 Å². The van der Waals surface area contributed by atoms with Gasteiger partial charge in [0.2, 0.25) is 5.70 Å². The third-order valence-corrected chi connectivity index (χ3v) is 6.89. The summed E-state index contributed by atoms with van der Waals surface area (Å²) in [5.41, 5.74) is 4.88. The van der Waals surface area contributed by atoms with Gasteiger partial charge >= 0.3 is 0 Å². The lowest BCUT2D eigenvalue weighted by Gasteiger charge is -2.34. The van der Waals surface area contributed by atoms with E-state index in [-0.39, 0.29) is 4.59 Å². The van der Waals surface area contributed by atoms with Gasteiger partial charge in [0.25, 0.3) is 5.84 Å². The summed E-state index contributed by atoms with van der Waals surface area (Å²) in [5, 5.41) is 0. The number of para-hydroxylation sites is 1. The van der Waals surface area contributed by atoms with E-state index in [4.69, 9.17) is 15.6 Å². The van der Waals surface area contributed by atoms with E-state index in [1.165, 1.54) is 5.69 Å². The Bertz CT molecular complexity index is 1370. The van der Waals surface area contributed by atoms with Crippen LogP contribution in [0.1, 0.15) is 11.1 Å². The van der Waals surface area contributed by atoms with Gasteiger partial charge in [0.05, 0.1) is 18.0 Å². The summed E-state index contributed by atoms with van der Waals surface area (Å²) in [6.07, 6.45) is 5.41. The van der Waals surface area contributed by atoms with Gasteiger partial charge in [-0.15, -0.1) is 4.59 Å². The summed E-state index contributed by atoms with van der Waals surface area (Å²) in [5.74, 6) is 9.22. The zero-order valence-corrected chi connectivity index (χ0v) is 20.3. The molecule has 0 spiro atoms. The Morgan fingerprint density at radius 2 is 1.47 bits per heavy atom. The van der Waals surface area contributed by atoms with E-state index in [0.717, 1.165) is 66.0 Å². The van der Waals surface area contributed by atoms with Gasteiger partial charge in [-0.05, 0) is 55.6 Å². The summed E-state index contributed by atoms with van der Waals surface area (Å²) in [7, 11) is 2.17. The zero-order chi connectivity index (χ0) is 24.5. The molecule has 0 radical (unpaired) electrons. The minimum absolute atomic E-state index is 0.0159. The van der Waals surface area contributed by atoms with Gasteiger partial charge in [-0.2, -0.15) is 10.8 Å². The number of quaternary nitrogens is 1. The van der Waals surface area contributed by atoms with Gasteiger partial charge in [-0.3, -0.25) is 4.99 Å². The van der Waals surface area contributed by atoms with Gasteiger partial charge < -0.3 is 14.5 Å². The minimum atomic E-state index is -0.0159. The second kappa shape index (κ2) is 9.20. The highest BCUT2D eigenvalue weighted by Gasteiger charge is 2.44. The van der Waals surface area contributed by atoms with Crippen LogP contribution in [0, 0.1) is 0 Å². The maximum Gasteiger partial charge on any atom is 0.265 e. The van der Waals surface area contributed by atoms with Crippen LogP contribution in [-0.2, 0) is 0 Å². The van der Waals surface area contributed by atoms with Crippen molar-refractivity contribution in [2.45, 2.75) is 0 Å². The lowest BCUT2D eigenvalue weighted by atomic mass is 10.1. The fourth-order valence-electron chi connectivity index (χ4n) is 4.78. The average molecular weight is 478 g/mol. The SMILES string of the molecule is CN1CCN(c2ccc(C3=C4C=NC=C[N+]4(N)C(c4ccc(Oc5ccccc5)cc4)=N3)cc2)CC1. The number of hydrogen-bond acceptors (Lipinski definition) is 6. The largest absolute Gasteiger partial charge is 0.457 e. The molecule has 0 bridgehead atoms. The number of fused-ring (bicyclic) bond motifs is 1. The number of nitrogens with two attached hydrogens (primary N) is 1. The number of nitrogens with zero attached hydrogens (tertiary/aromatic N) is 5. The van der Waals surface area contributed by atoms with E-state index in [9.17, 15) is 0 Å². The molecule has 0 amide bonds. The smallest absolute Gasteiger partial charge is 0.265 e. The third-order valence-electron chi connectivity index (χ3n) is 6.89. The van der Waals surface area contributed by atoms with Gasteiger partial charge in [0, 0.05) is 37.4 Å². The van der Waals surface area contributed by atoms with Crippen LogP contribution in [0.25, 0.3) is 5.70 Å². The van der Waals surface area contributed by atoms with Crippen molar-refractivity contribution in [2.75, 3.05) is 38.1 Å². The molecule has 6 rings (SSSR count). The molecule has 1 saturated heterocycles. The van der Waals surface area contributed by atoms with Gasteiger partial charge in [0.1, 0.15) is 23.4 Å². The van der Waals surface area contributed by atoms with Crippen LogP contribution in [0.15, 0.2) is 107 Å². The Morgan fingerprint density at radius 1 is 0.806 bits per heavy atom. The number of piperazine rings is 1. The first kappa shape index (κ1) is 22.4. The molecule has 1 fully saturated rings. The van der Waals surface area contributed by atoms with Crippen LogP contribution in [0.4, 0.5) is 5.69 Å². The molecular weight excluding hydrogens is 448 g/mol. The van der Waals surface area contributed by atoms with Crippen molar-refractivity contribution < 1.29 is 9.33 Å². The van der Waals surface area contributed by atoms with Crippen molar-refractivity contribution in [3.8, 4) is 11.5 Å². The van der Waals surface area contributed by atoms with Gasteiger partial charge in [-0.25, -0.2) is 0 Å². The number of benzene rings is 3. The predicted molar refractivity (Wildman–Crippen MR) is 145 cm³/mol. The Kier molecular flexibility index (Phi) is 5.73. The molecule has 3 aliphatic rings. The normalized spacial score (nSPS) is 21.5. The highest BCUT2D eigenvalue weighted by Crippen LogP contribution is 2.37. The quantitative estimate of drug-likeness (QED) is 0.431. The standard InChI is InChI=1S/C29H29N6O/c1-33-16-18-34(19-17-33)24-11-7-22(8-12-24)28-27-21-31-15-20-35(27,30)29(32-28)23-9-13-26(14-10-23)36-25-5-3-2-4-6-25/h2-15,20-21H,16-19,30H2,1H3/q+1. The summed E-state index contributed by atoms with van der Waals surface area (Å²) in [4.78, 5) is 14.2. The van der Waals surface area contributed by atoms with Gasteiger partial charge in [0.15, 0.2) is 0 Å². The molecule has 0 aromatic heterocycles. The van der Waals surface area contributed by atoms with Crippen molar-refractivity contribution in [3.05, 3.63) is 108 Å². The number of hydrogen-bond donors (Lipinski definition) is 1. The van der Waals surface area contributed by atoms with Crippen LogP contribution >= 0.6 is 0 Å². The lowest BCUT2D eigenvalue weighted by molar-refractivity contribution is -0.749. The van der Waals surface area contributed by atoms with Crippen molar-refractivity contribution >= 4 is 23.4 Å². The summed E-state index contributed by atoms with van der Waals surface area (Å²) >= 11 is 0. The lowest BCUT2D eigenvalue weighted by Crippen LogP contribution is -2.53. The molecule has 3 aromatic carbocycles. The number of aliphatic imine (C=N–C) groups is 2. The first-order valence-electron chi connectivity index (χ1n) is 12.2. The zero-order valence-electron chi connectivity index (χ0n) is 20.3. The summed E-state index contributed by atoms with van der Waals surface area (Å²) in [6, 6.07) is 26.3. The molecule has 7 heteroatoms. The predicted octanol–water partition coefficient (Wildman–Crippen LogP) is 4.61. The third kappa shape index (κ3) is 4.13. The Morgan fingerprint density at radius 3 is 2.19 bits per heavy atom. The van der Waals surface area contributed by atoms with Crippen molar-refractivity contribution in [1.29, 1.82) is 0 Å². The van der Waals surface area contributed by atoms with Crippen LogP contribution in [0.5, 0.6) is 11.5 Å². The molecule has 1 atom stereocenters. The number of ether oxygens (including phenoxy) is 1. The maximum atomic E-state index is 6.92. The van der Waals surface area contributed by atoms with Crippen molar-refractivity contribution in [2.24, 2.45) is 15.8 Å². The van der Waals surface area contributed by atoms with Crippen molar-refractivity contribution in [3.63, 3.8) is 0 Å². The number of anilines is 1. The minimum Gasteiger partial charge on any atom is -0.457 e. The first-order chi connectivity index (χ1) is 17.6. The van der Waals surface area contributed by atoms with E-state index in [0.29, 0.717) is 0 Å². The molecule has 2 N–H and O–H groups in total. The molecule has 36 heavy (non-hydrogen) atoms. The maximum absolute atomic E-state index is 6.92. The van der Waals surface area contributed by atoms with E-state index < -0.39 is 0 Å². The summed E-state index contributed by atoms with van der Waals surface area (Å²) in [6.45, 7) is 4.23. The fourth-order valence-corrected chi connectivity index (χ4v) is 4.78. The topological polar surface area (TPSA) is 66.5 Å². The van der Waals surface area contributed by atoms with Crippen molar-refractivity contribution in [1.82, 2.24) is 4.90 Å². The van der Waals surface area contributed by atoms with Crippen LogP contribution in [-0.4, -0.2) is 54.8 Å². The van der Waals surface area contributed by atoms with E-state index in [1.807, 2.05) is 67.0 Å². The van der Waals surface area contributed by atoms with E-state index in [1.54, 1.807) is 6.20 Å². The molecular formula is C29H29N6O+. The number of likely N-dealkylation sites (N-methyl/N-ethyl adjacent to an activating group) is 1. The molecule has 3 heterocycles. The highest BCUT2D eigenvalue weighted by atomic mass is 16.5. The Balaban J connectivity index is 1.29. The van der Waals surface area contributed by atoms with E-state index >= 15 is 0 Å². The van der Waals surface area contributed by atoms with Crippen LogP contribution < -0.4 is 15.5 Å². The second-order valence-corrected chi connectivity index (χ2v) is 9.30. The molecule has 180 valence electrons. The molecule has 3 aromatic rings. The van der Waals surface area contributed by atoms with Gasteiger partial charge in [-0.1, -0.05) is 30.3 Å². The second-order valence-electron chi connectivity index (χ2n) is 9.30. The van der Waals surface area contributed by atoms with E-state index in [2.05, 4.69) is 46.1 Å². The average Bonchev–Trinajstić information content (AvgIpc) is 3.23. The molecule has 3 aliphatic heterocycles. The Labute approximate surface area is 211 Å². The fraction of sp³-hybridized carbons (Fsp3) is 0.172. The molecule has 0 saturated carbocycles. The Hall–Kier alpha value is -4.04. The number of amidine groups is 1. The number of rotatable bonds is 5. The molecule has 1 unspecified atom stereocenters. The molecule has 0 aliphatic carbocycles. The first-order valence-corrected chi connectivity index (χ1v) is 12.2. The van der Waals surface area contributed by atoms with Crippen LogP contribution in [0.2, 0.25) is 0 Å².